The van der Waals surface area contributed by atoms with Crippen LogP contribution in [0.2, 0.25) is 0 Å². The zero-order valence-electron chi connectivity index (χ0n) is 13.3. The van der Waals surface area contributed by atoms with Gasteiger partial charge in [-0.25, -0.2) is 4.99 Å². The van der Waals surface area contributed by atoms with E-state index in [-0.39, 0.29) is 18.0 Å². The molecule has 19 heavy (non-hydrogen) atoms. The molecule has 0 unspecified atom stereocenters. The fraction of sp³-hybridized carbons (Fsp3) is 0.857. The quantitative estimate of drug-likeness (QED) is 0.506. The van der Waals surface area contributed by atoms with Gasteiger partial charge in [-0.05, 0) is 40.0 Å². The SMILES string of the molecule is CCNC(=NCC(=O)NC(C)(C)C)NCCC(C)C. The van der Waals surface area contributed by atoms with E-state index >= 15 is 0 Å². The number of hydrogen-bond acceptors (Lipinski definition) is 2. The van der Waals surface area contributed by atoms with E-state index in [4.69, 9.17) is 0 Å². The number of aliphatic imine (C=N–C) groups is 1. The third-order valence-corrected chi connectivity index (χ3v) is 2.25. The van der Waals surface area contributed by atoms with Gasteiger partial charge >= 0.3 is 0 Å². The van der Waals surface area contributed by atoms with Crippen molar-refractivity contribution in [1.82, 2.24) is 16.0 Å². The number of guanidine groups is 1. The molecule has 0 aliphatic carbocycles. The molecule has 0 heterocycles. The van der Waals surface area contributed by atoms with E-state index in [9.17, 15) is 4.79 Å². The third-order valence-electron chi connectivity index (χ3n) is 2.25. The first kappa shape index (κ1) is 17.7. The molecule has 1 amide bonds. The summed E-state index contributed by atoms with van der Waals surface area (Å²) < 4.78 is 0. The molecule has 112 valence electrons. The molecule has 0 fully saturated rings. The fourth-order valence-electron chi connectivity index (χ4n) is 1.43. The van der Waals surface area contributed by atoms with Crippen LogP contribution in [0.25, 0.3) is 0 Å². The first-order valence-electron chi connectivity index (χ1n) is 7.07. The van der Waals surface area contributed by atoms with E-state index in [0.29, 0.717) is 11.9 Å². The molecule has 0 spiro atoms. The van der Waals surface area contributed by atoms with E-state index in [0.717, 1.165) is 19.5 Å². The summed E-state index contributed by atoms with van der Waals surface area (Å²) in [6.07, 6.45) is 1.08. The lowest BCUT2D eigenvalue weighted by Crippen LogP contribution is -2.43. The summed E-state index contributed by atoms with van der Waals surface area (Å²) in [5.74, 6) is 1.29. The number of amides is 1. The molecule has 0 aliphatic rings. The molecule has 0 saturated heterocycles. The standard InChI is InChI=1S/C14H30N4O/c1-7-15-13(16-9-8-11(2)3)17-10-12(19)18-14(4,5)6/h11H,7-10H2,1-6H3,(H,18,19)(H2,15,16,17). The van der Waals surface area contributed by atoms with E-state index in [1.165, 1.54) is 0 Å². The highest BCUT2D eigenvalue weighted by Crippen LogP contribution is 1.98. The summed E-state index contributed by atoms with van der Waals surface area (Å²) in [6, 6.07) is 0. The van der Waals surface area contributed by atoms with Crippen molar-refractivity contribution < 1.29 is 4.79 Å². The Bertz CT molecular complexity index is 292. The van der Waals surface area contributed by atoms with Gasteiger partial charge in [0, 0.05) is 18.6 Å². The molecule has 0 saturated carbocycles. The Morgan fingerprint density at radius 2 is 1.84 bits per heavy atom. The number of nitrogens with one attached hydrogen (secondary N) is 3. The molecule has 0 rings (SSSR count). The summed E-state index contributed by atoms with van der Waals surface area (Å²) in [5, 5.41) is 9.25. The average Bonchev–Trinajstić information content (AvgIpc) is 2.23. The minimum absolute atomic E-state index is 0.0615. The molecular weight excluding hydrogens is 240 g/mol. The maximum absolute atomic E-state index is 11.7. The van der Waals surface area contributed by atoms with Gasteiger partial charge in [0.15, 0.2) is 5.96 Å². The second-order valence-corrected chi connectivity index (χ2v) is 6.10. The molecule has 0 aliphatic heterocycles. The van der Waals surface area contributed by atoms with Crippen molar-refractivity contribution >= 4 is 11.9 Å². The summed E-state index contributed by atoms with van der Waals surface area (Å²) >= 11 is 0. The smallest absolute Gasteiger partial charge is 0.242 e. The summed E-state index contributed by atoms with van der Waals surface area (Å²) in [5.41, 5.74) is -0.212. The number of carbonyl (C=O) groups is 1. The highest BCUT2D eigenvalue weighted by atomic mass is 16.2. The topological polar surface area (TPSA) is 65.5 Å². The van der Waals surface area contributed by atoms with Gasteiger partial charge in [0.2, 0.25) is 5.91 Å². The third kappa shape index (κ3) is 11.6. The monoisotopic (exact) mass is 270 g/mol. The number of hydrogen-bond donors (Lipinski definition) is 3. The van der Waals surface area contributed by atoms with Crippen molar-refractivity contribution in [3.05, 3.63) is 0 Å². The molecule has 0 atom stereocenters. The van der Waals surface area contributed by atoms with Crippen LogP contribution < -0.4 is 16.0 Å². The average molecular weight is 270 g/mol. The second-order valence-electron chi connectivity index (χ2n) is 6.10. The first-order valence-corrected chi connectivity index (χ1v) is 7.07. The second kappa shape index (κ2) is 8.77. The van der Waals surface area contributed by atoms with Gasteiger partial charge in [-0.2, -0.15) is 0 Å². The molecule has 5 nitrogen and oxygen atoms in total. The van der Waals surface area contributed by atoms with Crippen LogP contribution in [0.15, 0.2) is 4.99 Å². The lowest BCUT2D eigenvalue weighted by molar-refractivity contribution is -0.121. The van der Waals surface area contributed by atoms with E-state index in [1.807, 2.05) is 27.7 Å². The minimum atomic E-state index is -0.212. The Morgan fingerprint density at radius 3 is 2.32 bits per heavy atom. The van der Waals surface area contributed by atoms with Gasteiger partial charge < -0.3 is 16.0 Å². The van der Waals surface area contributed by atoms with E-state index < -0.39 is 0 Å². The van der Waals surface area contributed by atoms with Gasteiger partial charge in [0.05, 0.1) is 0 Å². The summed E-state index contributed by atoms with van der Waals surface area (Å²) in [4.78, 5) is 16.0. The Balaban J connectivity index is 4.21. The van der Waals surface area contributed by atoms with Crippen molar-refractivity contribution in [2.24, 2.45) is 10.9 Å². The Morgan fingerprint density at radius 1 is 1.21 bits per heavy atom. The lowest BCUT2D eigenvalue weighted by Gasteiger charge is -2.20. The van der Waals surface area contributed by atoms with Crippen molar-refractivity contribution in [3.8, 4) is 0 Å². The van der Waals surface area contributed by atoms with Crippen molar-refractivity contribution in [1.29, 1.82) is 0 Å². The minimum Gasteiger partial charge on any atom is -0.357 e. The summed E-state index contributed by atoms with van der Waals surface area (Å²) in [7, 11) is 0. The molecule has 5 heteroatoms. The van der Waals surface area contributed by atoms with Crippen LogP contribution in [0.5, 0.6) is 0 Å². The zero-order valence-corrected chi connectivity index (χ0v) is 13.3. The van der Waals surface area contributed by atoms with Gasteiger partial charge in [0.25, 0.3) is 0 Å². The maximum atomic E-state index is 11.7. The highest BCUT2D eigenvalue weighted by Gasteiger charge is 2.13. The van der Waals surface area contributed by atoms with Gasteiger partial charge in [0.1, 0.15) is 6.54 Å². The van der Waals surface area contributed by atoms with Crippen LogP contribution in [0.1, 0.15) is 48.0 Å². The molecule has 3 N–H and O–H groups in total. The fourth-order valence-corrected chi connectivity index (χ4v) is 1.43. The van der Waals surface area contributed by atoms with Crippen LogP contribution in [0.4, 0.5) is 0 Å². The largest absolute Gasteiger partial charge is 0.357 e. The van der Waals surface area contributed by atoms with Crippen molar-refractivity contribution in [3.63, 3.8) is 0 Å². The number of carbonyl (C=O) groups excluding carboxylic acids is 1. The first-order chi connectivity index (χ1) is 8.74. The van der Waals surface area contributed by atoms with Gasteiger partial charge in [-0.1, -0.05) is 13.8 Å². The number of rotatable bonds is 6. The molecule has 0 bridgehead atoms. The number of nitrogens with zero attached hydrogens (tertiary/aromatic N) is 1. The van der Waals surface area contributed by atoms with Crippen molar-refractivity contribution in [2.45, 2.75) is 53.5 Å². The lowest BCUT2D eigenvalue weighted by atomic mass is 10.1. The molecule has 0 aromatic heterocycles. The zero-order chi connectivity index (χ0) is 14.9. The van der Waals surface area contributed by atoms with E-state index in [2.05, 4.69) is 34.8 Å². The van der Waals surface area contributed by atoms with E-state index in [1.54, 1.807) is 0 Å². The molecule has 0 aromatic rings. The Labute approximate surface area is 117 Å². The van der Waals surface area contributed by atoms with Crippen LogP contribution in [-0.4, -0.2) is 37.0 Å². The van der Waals surface area contributed by atoms with Crippen LogP contribution in [0.3, 0.4) is 0 Å². The van der Waals surface area contributed by atoms with Gasteiger partial charge in [-0.3, -0.25) is 4.79 Å². The molecule has 0 aromatic carbocycles. The molecular formula is C14H30N4O. The predicted octanol–water partition coefficient (Wildman–Crippen LogP) is 1.50. The Hall–Kier alpha value is -1.26. The highest BCUT2D eigenvalue weighted by molar-refractivity contribution is 5.85. The van der Waals surface area contributed by atoms with Crippen LogP contribution in [-0.2, 0) is 4.79 Å². The van der Waals surface area contributed by atoms with Gasteiger partial charge in [-0.15, -0.1) is 0 Å². The Kier molecular flexibility index (Phi) is 8.19. The van der Waals surface area contributed by atoms with Crippen molar-refractivity contribution in [2.75, 3.05) is 19.6 Å². The summed E-state index contributed by atoms with van der Waals surface area (Å²) in [6.45, 7) is 14.1. The maximum Gasteiger partial charge on any atom is 0.242 e. The van der Waals surface area contributed by atoms with Crippen LogP contribution in [0, 0.1) is 5.92 Å². The molecule has 0 radical (unpaired) electrons. The predicted molar refractivity (Wildman–Crippen MR) is 81.3 cm³/mol. The van der Waals surface area contributed by atoms with Crippen LogP contribution >= 0.6 is 0 Å². The normalized spacial score (nSPS) is 12.5.